The Bertz CT molecular complexity index is 622. The van der Waals surface area contributed by atoms with Crippen LogP contribution in [0.25, 0.3) is 0 Å². The first-order valence-corrected chi connectivity index (χ1v) is 7.03. The summed E-state index contributed by atoms with van der Waals surface area (Å²) in [7, 11) is 0. The monoisotopic (exact) mass is 360 g/mol. The fourth-order valence-electron chi connectivity index (χ4n) is 1.96. The summed E-state index contributed by atoms with van der Waals surface area (Å²) in [6, 6.07) is 8.13. The van der Waals surface area contributed by atoms with Crippen molar-refractivity contribution in [3.05, 3.63) is 68.7 Å². The molecule has 0 aromatic heterocycles. The van der Waals surface area contributed by atoms with E-state index in [4.69, 9.17) is 17.4 Å². The Morgan fingerprint density at radius 3 is 2.65 bits per heavy atom. The van der Waals surface area contributed by atoms with Gasteiger partial charge in [0.15, 0.2) is 0 Å². The van der Waals surface area contributed by atoms with Crippen LogP contribution in [0.1, 0.15) is 17.2 Å². The molecule has 0 saturated carbocycles. The molecule has 1 unspecified atom stereocenters. The molecule has 0 bridgehead atoms. The summed E-state index contributed by atoms with van der Waals surface area (Å²) in [5.41, 5.74) is 3.49. The van der Waals surface area contributed by atoms with E-state index >= 15 is 0 Å². The van der Waals surface area contributed by atoms with Crippen LogP contribution in [0.3, 0.4) is 0 Å². The van der Waals surface area contributed by atoms with Crippen LogP contribution in [0.5, 0.6) is 0 Å². The minimum Gasteiger partial charge on any atom is -0.271 e. The molecular formula is C14H12BrClF2N2. The maximum Gasteiger partial charge on any atom is 0.128 e. The Labute approximate surface area is 129 Å². The van der Waals surface area contributed by atoms with E-state index in [-0.39, 0.29) is 12.2 Å². The van der Waals surface area contributed by atoms with E-state index in [9.17, 15) is 8.78 Å². The van der Waals surface area contributed by atoms with Crippen LogP contribution in [0.4, 0.5) is 8.78 Å². The highest BCUT2D eigenvalue weighted by molar-refractivity contribution is 9.10. The molecule has 0 heterocycles. The molecule has 0 aliphatic rings. The number of halogens is 4. The summed E-state index contributed by atoms with van der Waals surface area (Å²) < 4.78 is 27.9. The lowest BCUT2D eigenvalue weighted by Crippen LogP contribution is -2.30. The van der Waals surface area contributed by atoms with Gasteiger partial charge < -0.3 is 0 Å². The second-order valence-corrected chi connectivity index (χ2v) is 5.65. The van der Waals surface area contributed by atoms with Gasteiger partial charge in [-0.1, -0.05) is 27.5 Å². The van der Waals surface area contributed by atoms with E-state index in [1.807, 2.05) is 0 Å². The van der Waals surface area contributed by atoms with Gasteiger partial charge in [-0.3, -0.25) is 11.3 Å². The Morgan fingerprint density at radius 1 is 1.20 bits per heavy atom. The smallest absolute Gasteiger partial charge is 0.128 e. The fraction of sp³-hybridized carbons (Fsp3) is 0.143. The van der Waals surface area contributed by atoms with Crippen LogP contribution in [-0.2, 0) is 6.42 Å². The third-order valence-corrected chi connectivity index (χ3v) is 3.83. The molecule has 2 rings (SSSR count). The second-order valence-electron chi connectivity index (χ2n) is 4.32. The average Bonchev–Trinajstić information content (AvgIpc) is 2.42. The molecule has 0 aliphatic carbocycles. The van der Waals surface area contributed by atoms with Crippen LogP contribution in [0.15, 0.2) is 40.9 Å². The normalized spacial score (nSPS) is 12.4. The maximum absolute atomic E-state index is 13.9. The number of benzene rings is 2. The molecule has 2 aromatic carbocycles. The second kappa shape index (κ2) is 6.63. The summed E-state index contributed by atoms with van der Waals surface area (Å²) >= 11 is 9.30. The summed E-state index contributed by atoms with van der Waals surface area (Å²) in [4.78, 5) is 0. The molecule has 3 N–H and O–H groups in total. The van der Waals surface area contributed by atoms with E-state index in [1.54, 1.807) is 12.1 Å². The molecule has 6 heteroatoms. The summed E-state index contributed by atoms with van der Waals surface area (Å²) in [5.74, 6) is 4.71. The van der Waals surface area contributed by atoms with Gasteiger partial charge in [-0.25, -0.2) is 8.78 Å². The van der Waals surface area contributed by atoms with Crippen LogP contribution < -0.4 is 11.3 Å². The van der Waals surface area contributed by atoms with Crippen LogP contribution >= 0.6 is 27.5 Å². The molecule has 2 nitrogen and oxygen atoms in total. The van der Waals surface area contributed by atoms with Crippen molar-refractivity contribution in [2.24, 2.45) is 5.84 Å². The molecule has 0 amide bonds. The molecule has 2 aromatic rings. The van der Waals surface area contributed by atoms with Gasteiger partial charge in [0.25, 0.3) is 0 Å². The van der Waals surface area contributed by atoms with Gasteiger partial charge in [-0.15, -0.1) is 0 Å². The number of rotatable bonds is 4. The van der Waals surface area contributed by atoms with Crippen LogP contribution in [-0.4, -0.2) is 0 Å². The van der Waals surface area contributed by atoms with Gasteiger partial charge in [0.05, 0.1) is 6.04 Å². The van der Waals surface area contributed by atoms with Crippen LogP contribution in [0, 0.1) is 11.6 Å². The first kappa shape index (κ1) is 15.4. The highest BCUT2D eigenvalue weighted by Gasteiger charge is 2.17. The van der Waals surface area contributed by atoms with Gasteiger partial charge in [0.2, 0.25) is 0 Å². The number of hydrazine groups is 1. The molecule has 0 spiro atoms. The molecule has 0 radical (unpaired) electrons. The van der Waals surface area contributed by atoms with Crippen molar-refractivity contribution in [1.29, 1.82) is 0 Å². The quantitative estimate of drug-likeness (QED) is 0.635. The van der Waals surface area contributed by atoms with Crippen molar-refractivity contribution in [2.45, 2.75) is 12.5 Å². The molecule has 106 valence electrons. The third-order valence-electron chi connectivity index (χ3n) is 2.97. The molecule has 1 atom stereocenters. The van der Waals surface area contributed by atoms with Gasteiger partial charge in [0, 0.05) is 15.1 Å². The fourth-order valence-corrected chi connectivity index (χ4v) is 2.53. The standard InChI is InChI=1S/C14H12BrClF2N2/c15-9-1-4-13(18)11(7-9)14(20-19)6-8-5-10(17)2-3-12(8)16/h1-5,7,14,20H,6,19H2. The Hall–Kier alpha value is -1.01. The van der Waals surface area contributed by atoms with Crippen molar-refractivity contribution in [1.82, 2.24) is 5.43 Å². The number of hydrogen-bond acceptors (Lipinski definition) is 2. The third kappa shape index (κ3) is 3.55. The summed E-state index contributed by atoms with van der Waals surface area (Å²) in [6.45, 7) is 0. The lowest BCUT2D eigenvalue weighted by atomic mass is 9.99. The lowest BCUT2D eigenvalue weighted by molar-refractivity contribution is 0.509. The van der Waals surface area contributed by atoms with E-state index < -0.39 is 11.9 Å². The highest BCUT2D eigenvalue weighted by atomic mass is 79.9. The van der Waals surface area contributed by atoms with Gasteiger partial charge in [-0.05, 0) is 48.4 Å². The predicted molar refractivity (Wildman–Crippen MR) is 79.3 cm³/mol. The number of nitrogens with one attached hydrogen (secondary N) is 1. The topological polar surface area (TPSA) is 38.0 Å². The number of hydrogen-bond donors (Lipinski definition) is 2. The lowest BCUT2D eigenvalue weighted by Gasteiger charge is -2.18. The molecule has 0 fully saturated rings. The van der Waals surface area contributed by atoms with Crippen molar-refractivity contribution in [3.8, 4) is 0 Å². The van der Waals surface area contributed by atoms with Crippen molar-refractivity contribution < 1.29 is 8.78 Å². The summed E-state index contributed by atoms with van der Waals surface area (Å²) in [6.07, 6.45) is 0.278. The van der Waals surface area contributed by atoms with Gasteiger partial charge in [-0.2, -0.15) is 0 Å². The van der Waals surface area contributed by atoms with E-state index in [0.29, 0.717) is 16.1 Å². The minimum atomic E-state index is -0.508. The zero-order valence-electron chi connectivity index (χ0n) is 10.3. The van der Waals surface area contributed by atoms with Crippen molar-refractivity contribution in [2.75, 3.05) is 0 Å². The zero-order chi connectivity index (χ0) is 14.7. The average molecular weight is 362 g/mol. The van der Waals surface area contributed by atoms with E-state index in [1.165, 1.54) is 24.3 Å². The maximum atomic E-state index is 13.9. The van der Waals surface area contributed by atoms with Crippen LogP contribution in [0.2, 0.25) is 5.02 Å². The van der Waals surface area contributed by atoms with Crippen molar-refractivity contribution >= 4 is 27.5 Å². The largest absolute Gasteiger partial charge is 0.271 e. The minimum absolute atomic E-state index is 0.278. The molecule has 0 saturated heterocycles. The molecule has 20 heavy (non-hydrogen) atoms. The molecular weight excluding hydrogens is 350 g/mol. The first-order valence-electron chi connectivity index (χ1n) is 5.86. The first-order chi connectivity index (χ1) is 9.51. The highest BCUT2D eigenvalue weighted by Crippen LogP contribution is 2.27. The number of nitrogens with two attached hydrogens (primary N) is 1. The van der Waals surface area contributed by atoms with E-state index in [2.05, 4.69) is 21.4 Å². The van der Waals surface area contributed by atoms with Gasteiger partial charge >= 0.3 is 0 Å². The van der Waals surface area contributed by atoms with Crippen molar-refractivity contribution in [3.63, 3.8) is 0 Å². The predicted octanol–water partition coefficient (Wildman–Crippen LogP) is 4.13. The Kier molecular flexibility index (Phi) is 5.10. The SMILES string of the molecule is NNC(Cc1cc(F)ccc1Cl)c1cc(Br)ccc1F. The van der Waals surface area contributed by atoms with Gasteiger partial charge in [0.1, 0.15) is 11.6 Å². The Balaban J connectivity index is 2.33. The summed E-state index contributed by atoms with van der Waals surface area (Å²) in [5, 5.41) is 0.419. The van der Waals surface area contributed by atoms with E-state index in [0.717, 1.165) is 4.47 Å². The zero-order valence-corrected chi connectivity index (χ0v) is 12.7. The Morgan fingerprint density at radius 2 is 1.95 bits per heavy atom. The molecule has 0 aliphatic heterocycles.